The van der Waals surface area contributed by atoms with Crippen molar-refractivity contribution in [2.75, 3.05) is 7.11 Å². The molecule has 18 heavy (non-hydrogen) atoms. The van der Waals surface area contributed by atoms with Gasteiger partial charge in [-0.1, -0.05) is 6.07 Å². The molecule has 0 spiro atoms. The highest BCUT2D eigenvalue weighted by Gasteiger charge is 2.16. The van der Waals surface area contributed by atoms with E-state index >= 15 is 0 Å². The molecule has 0 amide bonds. The zero-order valence-electron chi connectivity index (χ0n) is 9.65. The average Bonchev–Trinajstić information content (AvgIpc) is 2.35. The Hall–Kier alpha value is -2.16. The fraction of sp³-hybridized carbons (Fsp3) is 0.333. The molecular formula is C12H11F2NO3. The van der Waals surface area contributed by atoms with Crippen molar-refractivity contribution in [3.05, 3.63) is 29.3 Å². The van der Waals surface area contributed by atoms with Gasteiger partial charge in [0.2, 0.25) is 0 Å². The highest BCUT2D eigenvalue weighted by Crippen LogP contribution is 2.24. The number of rotatable bonds is 5. The Morgan fingerprint density at radius 3 is 2.78 bits per heavy atom. The Balaban J connectivity index is 3.04. The lowest BCUT2D eigenvalue weighted by molar-refractivity contribution is -0.0504. The topological polar surface area (TPSA) is 59.3 Å². The van der Waals surface area contributed by atoms with Crippen molar-refractivity contribution in [3.63, 3.8) is 0 Å². The minimum Gasteiger partial charge on any atom is -0.465 e. The molecule has 0 radical (unpaired) electrons. The van der Waals surface area contributed by atoms with Crippen LogP contribution in [0, 0.1) is 11.3 Å². The number of esters is 1. The highest BCUT2D eigenvalue weighted by molar-refractivity contribution is 5.92. The number of benzene rings is 1. The molecule has 1 aromatic carbocycles. The van der Waals surface area contributed by atoms with Crippen LogP contribution in [0.5, 0.6) is 5.75 Å². The zero-order valence-corrected chi connectivity index (χ0v) is 9.65. The second kappa shape index (κ2) is 6.55. The third kappa shape index (κ3) is 3.70. The second-order valence-electron chi connectivity index (χ2n) is 3.36. The van der Waals surface area contributed by atoms with Gasteiger partial charge in [-0.3, -0.25) is 0 Å². The monoisotopic (exact) mass is 255 g/mol. The van der Waals surface area contributed by atoms with E-state index in [1.165, 1.54) is 12.1 Å². The maximum absolute atomic E-state index is 12.2. The van der Waals surface area contributed by atoms with E-state index in [0.29, 0.717) is 12.0 Å². The summed E-state index contributed by atoms with van der Waals surface area (Å²) in [6.45, 7) is -3.03. The Morgan fingerprint density at radius 2 is 2.22 bits per heavy atom. The van der Waals surface area contributed by atoms with Gasteiger partial charge in [-0.2, -0.15) is 14.0 Å². The number of alkyl halides is 2. The number of nitriles is 1. The molecule has 1 aromatic rings. The summed E-state index contributed by atoms with van der Waals surface area (Å²) in [5.41, 5.74) is 0.568. The zero-order chi connectivity index (χ0) is 13.5. The van der Waals surface area contributed by atoms with Gasteiger partial charge in [0.15, 0.2) is 0 Å². The van der Waals surface area contributed by atoms with Crippen LogP contribution in [0.2, 0.25) is 0 Å². The molecule has 96 valence electrons. The molecule has 0 atom stereocenters. The van der Waals surface area contributed by atoms with Crippen LogP contribution in [-0.2, 0) is 11.2 Å². The molecule has 0 heterocycles. The van der Waals surface area contributed by atoms with E-state index in [4.69, 9.17) is 5.26 Å². The first kappa shape index (κ1) is 13.9. The van der Waals surface area contributed by atoms with Gasteiger partial charge in [-0.15, -0.1) is 0 Å². The van der Waals surface area contributed by atoms with E-state index in [2.05, 4.69) is 9.47 Å². The van der Waals surface area contributed by atoms with Crippen molar-refractivity contribution in [3.8, 4) is 11.8 Å². The third-order valence-electron chi connectivity index (χ3n) is 2.19. The number of hydrogen-bond acceptors (Lipinski definition) is 4. The van der Waals surface area contributed by atoms with Crippen LogP contribution in [0.15, 0.2) is 18.2 Å². The van der Waals surface area contributed by atoms with Gasteiger partial charge >= 0.3 is 12.6 Å². The molecule has 6 heteroatoms. The number of hydrogen-bond donors (Lipinski definition) is 0. The van der Waals surface area contributed by atoms with Crippen LogP contribution < -0.4 is 4.74 Å². The Labute approximate surface area is 103 Å². The number of aryl methyl sites for hydroxylation is 1. The summed E-state index contributed by atoms with van der Waals surface area (Å²) in [5, 5.41) is 8.45. The van der Waals surface area contributed by atoms with E-state index in [1.54, 1.807) is 6.07 Å². The summed E-state index contributed by atoms with van der Waals surface area (Å²) in [6.07, 6.45) is 0.656. The molecule has 4 nitrogen and oxygen atoms in total. The maximum atomic E-state index is 12.2. The molecule has 0 aliphatic carbocycles. The molecule has 0 saturated heterocycles. The molecule has 0 unspecified atom stereocenters. The second-order valence-corrected chi connectivity index (χ2v) is 3.36. The largest absolute Gasteiger partial charge is 0.465 e. The first-order valence-electron chi connectivity index (χ1n) is 5.11. The van der Waals surface area contributed by atoms with Crippen molar-refractivity contribution in [1.29, 1.82) is 5.26 Å². The van der Waals surface area contributed by atoms with E-state index in [1.807, 2.05) is 6.07 Å². The summed E-state index contributed by atoms with van der Waals surface area (Å²) < 4.78 is 33.2. The van der Waals surface area contributed by atoms with Crippen LogP contribution in [0.1, 0.15) is 22.3 Å². The molecule has 0 bridgehead atoms. The summed E-state index contributed by atoms with van der Waals surface area (Å²) in [6, 6.07) is 6.17. The van der Waals surface area contributed by atoms with Crippen molar-refractivity contribution < 1.29 is 23.0 Å². The van der Waals surface area contributed by atoms with Crippen molar-refractivity contribution in [2.24, 2.45) is 0 Å². The van der Waals surface area contributed by atoms with Crippen molar-refractivity contribution >= 4 is 5.97 Å². The first-order chi connectivity index (χ1) is 8.58. The number of carbonyl (C=O) groups is 1. The van der Waals surface area contributed by atoms with Crippen LogP contribution >= 0.6 is 0 Å². The van der Waals surface area contributed by atoms with Crippen LogP contribution in [-0.4, -0.2) is 19.7 Å². The van der Waals surface area contributed by atoms with E-state index in [9.17, 15) is 13.6 Å². The molecular weight excluding hydrogens is 244 g/mol. The third-order valence-corrected chi connectivity index (χ3v) is 2.19. The summed E-state index contributed by atoms with van der Waals surface area (Å²) >= 11 is 0. The molecule has 0 N–H and O–H groups in total. The SMILES string of the molecule is COC(=O)c1ccc(CCC#N)cc1OC(F)F. The number of ether oxygens (including phenoxy) is 2. The Bertz CT molecular complexity index is 469. The fourth-order valence-corrected chi connectivity index (χ4v) is 1.39. The molecule has 0 aliphatic heterocycles. The lowest BCUT2D eigenvalue weighted by Gasteiger charge is -2.10. The minimum absolute atomic E-state index is 0.0708. The predicted octanol–water partition coefficient (Wildman–Crippen LogP) is 2.53. The lowest BCUT2D eigenvalue weighted by Crippen LogP contribution is -2.09. The Kier molecular flexibility index (Phi) is 5.06. The van der Waals surface area contributed by atoms with E-state index in [-0.39, 0.29) is 17.7 Å². The highest BCUT2D eigenvalue weighted by atomic mass is 19.3. The number of carbonyl (C=O) groups excluding carboxylic acids is 1. The van der Waals surface area contributed by atoms with E-state index in [0.717, 1.165) is 7.11 Å². The van der Waals surface area contributed by atoms with Gasteiger partial charge in [0.25, 0.3) is 0 Å². The van der Waals surface area contributed by atoms with Gasteiger partial charge in [0, 0.05) is 6.42 Å². The Morgan fingerprint density at radius 1 is 1.50 bits per heavy atom. The van der Waals surface area contributed by atoms with Gasteiger partial charge in [0.1, 0.15) is 11.3 Å². The maximum Gasteiger partial charge on any atom is 0.387 e. The molecule has 0 aromatic heterocycles. The van der Waals surface area contributed by atoms with Gasteiger partial charge in [-0.25, -0.2) is 4.79 Å². The van der Waals surface area contributed by atoms with Crippen molar-refractivity contribution in [1.82, 2.24) is 0 Å². The molecule has 0 fully saturated rings. The first-order valence-corrected chi connectivity index (χ1v) is 5.11. The average molecular weight is 255 g/mol. The summed E-state index contributed by atoms with van der Waals surface area (Å²) in [4.78, 5) is 11.3. The number of nitrogens with zero attached hydrogens (tertiary/aromatic N) is 1. The number of halogens is 2. The minimum atomic E-state index is -3.03. The van der Waals surface area contributed by atoms with E-state index < -0.39 is 12.6 Å². The molecule has 0 aliphatic rings. The molecule has 0 saturated carbocycles. The smallest absolute Gasteiger partial charge is 0.387 e. The van der Waals surface area contributed by atoms with Gasteiger partial charge < -0.3 is 9.47 Å². The van der Waals surface area contributed by atoms with Crippen LogP contribution in [0.3, 0.4) is 0 Å². The fourth-order valence-electron chi connectivity index (χ4n) is 1.39. The van der Waals surface area contributed by atoms with Crippen molar-refractivity contribution in [2.45, 2.75) is 19.5 Å². The van der Waals surface area contributed by atoms with Gasteiger partial charge in [0.05, 0.1) is 13.2 Å². The normalized spacial score (nSPS) is 9.94. The molecule has 1 rings (SSSR count). The standard InChI is InChI=1S/C12H11F2NO3/c1-17-11(16)9-5-4-8(3-2-6-15)7-10(9)18-12(13)14/h4-5,7,12H,2-3H2,1H3. The summed E-state index contributed by atoms with van der Waals surface area (Å²) in [5.74, 6) is -0.996. The van der Waals surface area contributed by atoms with Crippen LogP contribution in [0.25, 0.3) is 0 Å². The summed E-state index contributed by atoms with van der Waals surface area (Å²) in [7, 11) is 1.15. The van der Waals surface area contributed by atoms with Gasteiger partial charge in [-0.05, 0) is 24.1 Å². The van der Waals surface area contributed by atoms with Crippen LogP contribution in [0.4, 0.5) is 8.78 Å². The quantitative estimate of drug-likeness (QED) is 0.758. The predicted molar refractivity (Wildman–Crippen MR) is 58.3 cm³/mol. The number of methoxy groups -OCH3 is 1. The lowest BCUT2D eigenvalue weighted by atomic mass is 10.1.